The summed E-state index contributed by atoms with van der Waals surface area (Å²) in [6.07, 6.45) is 1.77. The molecule has 0 aliphatic rings. The zero-order valence-electron chi connectivity index (χ0n) is 9.40. The smallest absolute Gasteiger partial charge is 0.250 e. The molecule has 1 aromatic carbocycles. The van der Waals surface area contributed by atoms with Crippen molar-refractivity contribution in [3.05, 3.63) is 52.4 Å². The Hall–Kier alpha value is -2.03. The molecule has 2 rings (SSSR count). The molecular weight excluding hydrogens is 200 g/mol. The first-order valence-corrected chi connectivity index (χ1v) is 5.11. The van der Waals surface area contributed by atoms with E-state index in [2.05, 4.69) is 0 Å². The van der Waals surface area contributed by atoms with Gasteiger partial charge in [-0.15, -0.1) is 0 Å². The topological polar surface area (TPSA) is 48.0 Å². The van der Waals surface area contributed by atoms with Crippen LogP contribution in [0.1, 0.15) is 5.56 Å². The van der Waals surface area contributed by atoms with Gasteiger partial charge in [0.05, 0.1) is 0 Å². The number of pyridine rings is 1. The van der Waals surface area contributed by atoms with E-state index in [1.54, 1.807) is 23.9 Å². The number of rotatable bonds is 1. The van der Waals surface area contributed by atoms with Crippen molar-refractivity contribution in [3.63, 3.8) is 0 Å². The summed E-state index contributed by atoms with van der Waals surface area (Å²) in [5.74, 6) is 0. The molecule has 2 N–H and O–H groups in total. The van der Waals surface area contributed by atoms with Crippen molar-refractivity contribution in [2.24, 2.45) is 7.05 Å². The number of aryl methyl sites for hydroxylation is 2. The molecule has 82 valence electrons. The second kappa shape index (κ2) is 3.85. The monoisotopic (exact) mass is 214 g/mol. The van der Waals surface area contributed by atoms with E-state index in [4.69, 9.17) is 5.73 Å². The van der Waals surface area contributed by atoms with Crippen LogP contribution in [0.15, 0.2) is 41.3 Å². The first kappa shape index (κ1) is 10.5. The molecule has 0 bridgehead atoms. The number of benzene rings is 1. The Bertz CT molecular complexity index is 585. The van der Waals surface area contributed by atoms with Gasteiger partial charge < -0.3 is 10.3 Å². The Morgan fingerprint density at radius 3 is 2.44 bits per heavy atom. The molecule has 0 saturated heterocycles. The van der Waals surface area contributed by atoms with Gasteiger partial charge in [0.1, 0.15) is 0 Å². The molecule has 3 heteroatoms. The van der Waals surface area contributed by atoms with Crippen LogP contribution in [0.2, 0.25) is 0 Å². The molecule has 0 amide bonds. The minimum Gasteiger partial charge on any atom is -0.399 e. The fraction of sp³-hybridized carbons (Fsp3) is 0.154. The van der Waals surface area contributed by atoms with Gasteiger partial charge in [0, 0.05) is 25.0 Å². The lowest BCUT2D eigenvalue weighted by molar-refractivity contribution is 0.861. The highest BCUT2D eigenvalue weighted by Crippen LogP contribution is 2.21. The number of hydrogen-bond acceptors (Lipinski definition) is 2. The van der Waals surface area contributed by atoms with Crippen LogP contribution in [0.3, 0.4) is 0 Å². The minimum absolute atomic E-state index is 0.00743. The average Bonchev–Trinajstić information content (AvgIpc) is 2.26. The largest absolute Gasteiger partial charge is 0.399 e. The van der Waals surface area contributed by atoms with E-state index in [1.165, 1.54) is 0 Å². The van der Waals surface area contributed by atoms with Crippen molar-refractivity contribution in [2.75, 3.05) is 5.73 Å². The van der Waals surface area contributed by atoms with Crippen molar-refractivity contribution in [1.29, 1.82) is 0 Å². The van der Waals surface area contributed by atoms with Crippen LogP contribution >= 0.6 is 0 Å². The molecule has 16 heavy (non-hydrogen) atoms. The zero-order chi connectivity index (χ0) is 11.7. The van der Waals surface area contributed by atoms with Gasteiger partial charge in [-0.3, -0.25) is 4.79 Å². The summed E-state index contributed by atoms with van der Waals surface area (Å²) >= 11 is 0. The molecule has 0 radical (unpaired) electrons. The summed E-state index contributed by atoms with van der Waals surface area (Å²) < 4.78 is 1.55. The highest BCUT2D eigenvalue weighted by atomic mass is 16.1. The fourth-order valence-corrected chi connectivity index (χ4v) is 1.58. The average molecular weight is 214 g/mol. The maximum Gasteiger partial charge on any atom is 0.250 e. The molecule has 3 nitrogen and oxygen atoms in total. The second-order valence-corrected chi connectivity index (χ2v) is 3.94. The SMILES string of the molecule is Cc1cc(-c2ccn(C)c(=O)c2)ccc1N. The van der Waals surface area contributed by atoms with Crippen molar-refractivity contribution in [1.82, 2.24) is 4.57 Å². The fourth-order valence-electron chi connectivity index (χ4n) is 1.58. The minimum atomic E-state index is -0.00743. The lowest BCUT2D eigenvalue weighted by atomic mass is 10.0. The predicted octanol–water partition coefficient (Wildman–Crippen LogP) is 1.94. The van der Waals surface area contributed by atoms with Gasteiger partial charge >= 0.3 is 0 Å². The Kier molecular flexibility index (Phi) is 2.52. The van der Waals surface area contributed by atoms with Gasteiger partial charge in [-0.1, -0.05) is 6.07 Å². The molecule has 0 aliphatic carbocycles. The Labute approximate surface area is 94.1 Å². The normalized spacial score (nSPS) is 10.4. The zero-order valence-corrected chi connectivity index (χ0v) is 9.40. The van der Waals surface area contributed by atoms with Crippen LogP contribution in [-0.4, -0.2) is 4.57 Å². The third kappa shape index (κ3) is 1.84. The van der Waals surface area contributed by atoms with E-state index in [1.807, 2.05) is 31.2 Å². The highest BCUT2D eigenvalue weighted by Gasteiger charge is 2.01. The van der Waals surface area contributed by atoms with E-state index in [0.29, 0.717) is 0 Å². The summed E-state index contributed by atoms with van der Waals surface area (Å²) in [6, 6.07) is 9.33. The standard InChI is InChI=1S/C13H14N2O/c1-9-7-10(3-4-12(9)14)11-5-6-15(2)13(16)8-11/h3-8H,14H2,1-2H3. The van der Waals surface area contributed by atoms with Gasteiger partial charge in [0.2, 0.25) is 0 Å². The summed E-state index contributed by atoms with van der Waals surface area (Å²) in [5.41, 5.74) is 9.48. The summed E-state index contributed by atoms with van der Waals surface area (Å²) in [7, 11) is 1.74. The molecular formula is C13H14N2O. The van der Waals surface area contributed by atoms with Crippen LogP contribution in [0.5, 0.6) is 0 Å². The second-order valence-electron chi connectivity index (χ2n) is 3.94. The summed E-state index contributed by atoms with van der Waals surface area (Å²) in [5, 5.41) is 0. The van der Waals surface area contributed by atoms with E-state index in [-0.39, 0.29) is 5.56 Å². The first-order chi connectivity index (χ1) is 7.58. The van der Waals surface area contributed by atoms with Crippen molar-refractivity contribution in [3.8, 4) is 11.1 Å². The van der Waals surface area contributed by atoms with Crippen LogP contribution in [0, 0.1) is 6.92 Å². The Morgan fingerprint density at radius 1 is 1.12 bits per heavy atom. The third-order valence-corrected chi connectivity index (χ3v) is 2.71. The highest BCUT2D eigenvalue weighted by molar-refractivity contribution is 5.67. The number of nitrogens with zero attached hydrogens (tertiary/aromatic N) is 1. The molecule has 2 aromatic rings. The lowest BCUT2D eigenvalue weighted by Gasteiger charge is -2.05. The number of nitrogens with two attached hydrogens (primary N) is 1. The van der Waals surface area contributed by atoms with Gasteiger partial charge in [-0.05, 0) is 41.8 Å². The van der Waals surface area contributed by atoms with Gasteiger partial charge in [-0.2, -0.15) is 0 Å². The molecule has 1 aromatic heterocycles. The van der Waals surface area contributed by atoms with E-state index in [0.717, 1.165) is 22.4 Å². The van der Waals surface area contributed by atoms with Crippen LogP contribution < -0.4 is 11.3 Å². The third-order valence-electron chi connectivity index (χ3n) is 2.71. The quantitative estimate of drug-likeness (QED) is 0.737. The van der Waals surface area contributed by atoms with Crippen molar-refractivity contribution >= 4 is 5.69 Å². The molecule has 0 unspecified atom stereocenters. The molecule has 0 atom stereocenters. The van der Waals surface area contributed by atoms with E-state index >= 15 is 0 Å². The van der Waals surface area contributed by atoms with Crippen LogP contribution in [-0.2, 0) is 7.05 Å². The Balaban J connectivity index is 2.55. The van der Waals surface area contributed by atoms with Crippen LogP contribution in [0.4, 0.5) is 5.69 Å². The predicted molar refractivity (Wildman–Crippen MR) is 66.3 cm³/mol. The lowest BCUT2D eigenvalue weighted by Crippen LogP contribution is -2.14. The van der Waals surface area contributed by atoms with Crippen LogP contribution in [0.25, 0.3) is 11.1 Å². The summed E-state index contributed by atoms with van der Waals surface area (Å²) in [4.78, 5) is 11.5. The number of nitrogen functional groups attached to an aromatic ring is 1. The Morgan fingerprint density at radius 2 is 1.81 bits per heavy atom. The maximum absolute atomic E-state index is 11.5. The molecule has 0 fully saturated rings. The first-order valence-electron chi connectivity index (χ1n) is 5.11. The molecule has 0 spiro atoms. The van der Waals surface area contributed by atoms with Crippen molar-refractivity contribution < 1.29 is 0 Å². The number of aromatic nitrogens is 1. The van der Waals surface area contributed by atoms with Gasteiger partial charge in [0.25, 0.3) is 5.56 Å². The number of anilines is 1. The number of hydrogen-bond donors (Lipinski definition) is 1. The van der Waals surface area contributed by atoms with E-state index < -0.39 is 0 Å². The molecule has 1 heterocycles. The molecule has 0 saturated carbocycles. The van der Waals surface area contributed by atoms with Gasteiger partial charge in [-0.25, -0.2) is 0 Å². The van der Waals surface area contributed by atoms with Gasteiger partial charge in [0.15, 0.2) is 0 Å². The van der Waals surface area contributed by atoms with Crippen molar-refractivity contribution in [2.45, 2.75) is 6.92 Å². The summed E-state index contributed by atoms with van der Waals surface area (Å²) in [6.45, 7) is 1.96. The van der Waals surface area contributed by atoms with E-state index in [9.17, 15) is 4.79 Å². The maximum atomic E-state index is 11.5. The molecule has 0 aliphatic heterocycles.